The molecule has 0 bridgehead atoms. The van der Waals surface area contributed by atoms with Gasteiger partial charge in [-0.05, 0) is 25.0 Å². The van der Waals surface area contributed by atoms with Crippen molar-refractivity contribution in [2.45, 2.75) is 54.0 Å². The second kappa shape index (κ2) is 9.58. The number of sulfonamides is 2. The van der Waals surface area contributed by atoms with E-state index in [1.807, 2.05) is 0 Å². The lowest BCUT2D eigenvalue weighted by atomic mass is 9.96. The second-order valence-electron chi connectivity index (χ2n) is 7.88. The number of nitrogens with two attached hydrogens (primary N) is 1. The standard InChI is InChI=1S/C17H24ClN5O8S2/c18-12-10-13-15(11-14(12)32(19,27)28)33(29,30)21-17(20-13)5-7-22(8-6-17)16(24)4-2-1-3-9-31-23(25)26/h10-11,20-21H,1-9H2,(H2,19,27,28). The van der Waals surface area contributed by atoms with Gasteiger partial charge in [-0.25, -0.2) is 22.0 Å². The fourth-order valence-corrected chi connectivity index (χ4v) is 6.61. The Hall–Kier alpha value is -2.20. The van der Waals surface area contributed by atoms with Crippen LogP contribution in [0.3, 0.4) is 0 Å². The number of hydrogen-bond donors (Lipinski definition) is 3. The number of carbonyl (C=O) groups excluding carboxylic acids is 1. The highest BCUT2D eigenvalue weighted by Crippen LogP contribution is 2.38. The maximum atomic E-state index is 12.9. The second-order valence-corrected chi connectivity index (χ2v) is 11.5. The van der Waals surface area contributed by atoms with Gasteiger partial charge in [-0.3, -0.25) is 4.79 Å². The van der Waals surface area contributed by atoms with Crippen LogP contribution in [0.15, 0.2) is 21.9 Å². The van der Waals surface area contributed by atoms with Crippen LogP contribution >= 0.6 is 11.6 Å². The van der Waals surface area contributed by atoms with Gasteiger partial charge in [0.15, 0.2) is 0 Å². The van der Waals surface area contributed by atoms with Crippen molar-refractivity contribution in [1.29, 1.82) is 0 Å². The number of likely N-dealkylation sites (tertiary alicyclic amines) is 1. The van der Waals surface area contributed by atoms with E-state index in [-0.39, 0.29) is 47.4 Å². The van der Waals surface area contributed by atoms with Crippen molar-refractivity contribution in [2.24, 2.45) is 5.14 Å². The third kappa shape index (κ3) is 6.03. The minimum Gasteiger partial charge on any atom is -0.365 e. The first-order valence-corrected chi connectivity index (χ1v) is 13.5. The van der Waals surface area contributed by atoms with Gasteiger partial charge in [0, 0.05) is 32.4 Å². The van der Waals surface area contributed by atoms with Gasteiger partial charge in [-0.1, -0.05) is 18.0 Å². The van der Waals surface area contributed by atoms with Gasteiger partial charge in [0.2, 0.25) is 26.0 Å². The van der Waals surface area contributed by atoms with Crippen molar-refractivity contribution in [3.05, 3.63) is 27.3 Å². The molecule has 16 heteroatoms. The molecule has 1 saturated heterocycles. The monoisotopic (exact) mass is 525 g/mol. The minimum absolute atomic E-state index is 0.0105. The van der Waals surface area contributed by atoms with Crippen LogP contribution in [-0.2, 0) is 29.7 Å². The SMILES string of the molecule is NS(=O)(=O)c1cc2c(cc1Cl)NC1(CCN(C(=O)CCCCCO[N+](=O)[O-])CC1)NS2(=O)=O. The Morgan fingerprint density at radius 1 is 1.27 bits per heavy atom. The molecule has 4 N–H and O–H groups in total. The van der Waals surface area contributed by atoms with Crippen LogP contribution < -0.4 is 15.2 Å². The number of amides is 1. The van der Waals surface area contributed by atoms with Crippen molar-refractivity contribution in [2.75, 3.05) is 25.0 Å². The largest absolute Gasteiger partial charge is 0.365 e. The van der Waals surface area contributed by atoms with Gasteiger partial charge in [0.1, 0.15) is 15.5 Å². The van der Waals surface area contributed by atoms with Gasteiger partial charge in [-0.2, -0.15) is 4.72 Å². The Morgan fingerprint density at radius 2 is 1.94 bits per heavy atom. The summed E-state index contributed by atoms with van der Waals surface area (Å²) in [6, 6.07) is 2.14. The lowest BCUT2D eigenvalue weighted by Crippen LogP contribution is -2.62. The van der Waals surface area contributed by atoms with Crippen molar-refractivity contribution in [3.8, 4) is 0 Å². The van der Waals surface area contributed by atoms with E-state index in [1.54, 1.807) is 4.90 Å². The van der Waals surface area contributed by atoms with E-state index in [0.717, 1.165) is 6.07 Å². The molecule has 1 fully saturated rings. The van der Waals surface area contributed by atoms with E-state index in [0.29, 0.717) is 32.4 Å². The first-order valence-electron chi connectivity index (χ1n) is 10.1. The average Bonchev–Trinajstić information content (AvgIpc) is 2.68. The van der Waals surface area contributed by atoms with E-state index < -0.39 is 35.7 Å². The molecule has 33 heavy (non-hydrogen) atoms. The molecular weight excluding hydrogens is 502 g/mol. The Labute approximate surface area is 195 Å². The number of benzene rings is 1. The van der Waals surface area contributed by atoms with E-state index in [2.05, 4.69) is 14.9 Å². The summed E-state index contributed by atoms with van der Waals surface area (Å²) in [5.41, 5.74) is -0.891. The topological polar surface area (TPSA) is 191 Å². The maximum absolute atomic E-state index is 12.9. The van der Waals surface area contributed by atoms with E-state index in [9.17, 15) is 31.7 Å². The third-order valence-electron chi connectivity index (χ3n) is 5.54. The lowest BCUT2D eigenvalue weighted by molar-refractivity contribution is -0.757. The first kappa shape index (κ1) is 25.4. The summed E-state index contributed by atoms with van der Waals surface area (Å²) in [6.45, 7) is 0.595. The molecule has 3 rings (SSSR count). The van der Waals surface area contributed by atoms with Crippen LogP contribution in [0.1, 0.15) is 38.5 Å². The number of fused-ring (bicyclic) bond motifs is 1. The number of nitrogens with one attached hydrogen (secondary N) is 2. The van der Waals surface area contributed by atoms with Crippen LogP contribution in [0.4, 0.5) is 5.69 Å². The zero-order chi connectivity index (χ0) is 24.4. The Bertz CT molecular complexity index is 1150. The third-order valence-corrected chi connectivity index (χ3v) is 8.49. The molecule has 2 aliphatic rings. The summed E-state index contributed by atoms with van der Waals surface area (Å²) < 4.78 is 51.7. The predicted molar refractivity (Wildman–Crippen MR) is 117 cm³/mol. The molecular formula is C17H24ClN5O8S2. The molecule has 0 saturated carbocycles. The fourth-order valence-electron chi connectivity index (χ4n) is 3.89. The van der Waals surface area contributed by atoms with Crippen molar-refractivity contribution >= 4 is 43.2 Å². The average molecular weight is 526 g/mol. The molecule has 0 radical (unpaired) electrons. The van der Waals surface area contributed by atoms with E-state index in [1.165, 1.54) is 6.07 Å². The highest BCUT2D eigenvalue weighted by atomic mass is 35.5. The van der Waals surface area contributed by atoms with Crippen molar-refractivity contribution < 1.29 is 31.6 Å². The van der Waals surface area contributed by atoms with Crippen molar-refractivity contribution in [3.63, 3.8) is 0 Å². The summed E-state index contributed by atoms with van der Waals surface area (Å²) >= 11 is 6.02. The molecule has 2 heterocycles. The zero-order valence-electron chi connectivity index (χ0n) is 17.5. The van der Waals surface area contributed by atoms with Gasteiger partial charge in [-0.15, -0.1) is 10.1 Å². The molecule has 13 nitrogen and oxygen atoms in total. The van der Waals surface area contributed by atoms with Gasteiger partial charge < -0.3 is 15.1 Å². The van der Waals surface area contributed by atoms with Crippen LogP contribution in [0, 0.1) is 10.1 Å². The summed E-state index contributed by atoms with van der Waals surface area (Å²) in [4.78, 5) is 27.6. The van der Waals surface area contributed by atoms with Gasteiger partial charge in [0.05, 0.1) is 17.3 Å². The number of nitrogens with zero attached hydrogens (tertiary/aromatic N) is 2. The number of hydrogen-bond acceptors (Lipinski definition) is 9. The Morgan fingerprint density at radius 3 is 2.55 bits per heavy atom. The number of primary sulfonamides is 1. The summed E-state index contributed by atoms with van der Waals surface area (Å²) in [5, 5.41) is 17.3. The van der Waals surface area contributed by atoms with E-state index >= 15 is 0 Å². The molecule has 0 unspecified atom stereocenters. The molecule has 0 aromatic heterocycles. The summed E-state index contributed by atoms with van der Waals surface area (Å²) in [6.07, 6.45) is 2.48. The van der Waals surface area contributed by atoms with Crippen LogP contribution in [-0.4, -0.2) is 58.1 Å². The molecule has 1 aromatic rings. The number of piperidine rings is 1. The maximum Gasteiger partial charge on any atom is 0.294 e. The van der Waals surface area contributed by atoms with E-state index in [4.69, 9.17) is 16.7 Å². The predicted octanol–water partition coefficient (Wildman–Crippen LogP) is 0.779. The molecule has 2 aliphatic heterocycles. The van der Waals surface area contributed by atoms with Gasteiger partial charge >= 0.3 is 0 Å². The summed E-state index contributed by atoms with van der Waals surface area (Å²) in [7, 11) is -8.29. The van der Waals surface area contributed by atoms with Crippen LogP contribution in [0.25, 0.3) is 0 Å². The smallest absolute Gasteiger partial charge is 0.294 e. The number of carbonyl (C=O) groups is 1. The highest BCUT2D eigenvalue weighted by Gasteiger charge is 2.44. The fraction of sp³-hybridized carbons (Fsp3) is 0.588. The molecule has 1 aromatic carbocycles. The lowest BCUT2D eigenvalue weighted by Gasteiger charge is -2.45. The zero-order valence-corrected chi connectivity index (χ0v) is 19.8. The normalized spacial score (nSPS) is 18.9. The molecule has 0 atom stereocenters. The molecule has 0 aliphatic carbocycles. The highest BCUT2D eigenvalue weighted by molar-refractivity contribution is 7.90. The molecule has 1 amide bonds. The Balaban J connectivity index is 1.61. The molecule has 184 valence electrons. The van der Waals surface area contributed by atoms with Gasteiger partial charge in [0.25, 0.3) is 5.09 Å². The van der Waals surface area contributed by atoms with Crippen LogP contribution in [0.5, 0.6) is 0 Å². The number of unbranched alkanes of at least 4 members (excludes halogenated alkanes) is 2. The van der Waals surface area contributed by atoms with Crippen LogP contribution in [0.2, 0.25) is 5.02 Å². The number of halogens is 1. The minimum atomic E-state index is -4.22. The number of anilines is 1. The van der Waals surface area contributed by atoms with Crippen molar-refractivity contribution in [1.82, 2.24) is 9.62 Å². The Kier molecular flexibility index (Phi) is 7.38. The quantitative estimate of drug-likeness (QED) is 0.250. The molecule has 1 spiro atoms. The summed E-state index contributed by atoms with van der Waals surface area (Å²) in [5.74, 6) is -0.0834. The number of rotatable bonds is 8. The first-order chi connectivity index (χ1) is 15.3.